The molecule has 0 bridgehead atoms. The van der Waals surface area contributed by atoms with Crippen molar-refractivity contribution >= 4 is 15.9 Å². The van der Waals surface area contributed by atoms with Gasteiger partial charge in [-0.3, -0.25) is 0 Å². The van der Waals surface area contributed by atoms with Crippen LogP contribution < -0.4 is 4.74 Å². The molecule has 3 heteroatoms. The summed E-state index contributed by atoms with van der Waals surface area (Å²) in [5.41, 5.74) is 1.98. The third-order valence-corrected chi connectivity index (χ3v) is 3.54. The molecule has 0 N–H and O–H groups in total. The Morgan fingerprint density at radius 3 is 2.58 bits per heavy atom. The van der Waals surface area contributed by atoms with E-state index in [1.165, 1.54) is 11.6 Å². The highest BCUT2D eigenvalue weighted by molar-refractivity contribution is 9.08. The second kappa shape index (κ2) is 6.20. The van der Waals surface area contributed by atoms with Gasteiger partial charge in [-0.15, -0.1) is 0 Å². The van der Waals surface area contributed by atoms with Crippen LogP contribution in [-0.2, 0) is 5.33 Å². The second-order valence-electron chi connectivity index (χ2n) is 4.69. The molecule has 2 aromatic carbocycles. The lowest BCUT2D eigenvalue weighted by Gasteiger charge is -2.12. The molecule has 0 saturated carbocycles. The topological polar surface area (TPSA) is 9.23 Å². The van der Waals surface area contributed by atoms with Gasteiger partial charge in [0.25, 0.3) is 0 Å². The monoisotopic (exact) mass is 322 g/mol. The highest BCUT2D eigenvalue weighted by atomic mass is 79.9. The molecular weight excluding hydrogens is 307 g/mol. The first-order valence-electron chi connectivity index (χ1n) is 6.23. The molecule has 19 heavy (non-hydrogen) atoms. The molecule has 0 aliphatic heterocycles. The highest BCUT2D eigenvalue weighted by Gasteiger charge is 2.10. The van der Waals surface area contributed by atoms with Crippen LogP contribution in [0.4, 0.5) is 4.39 Å². The molecule has 0 aromatic heterocycles. The van der Waals surface area contributed by atoms with Crippen molar-refractivity contribution in [2.45, 2.75) is 25.1 Å². The van der Waals surface area contributed by atoms with Crippen LogP contribution in [0.3, 0.4) is 0 Å². The molecule has 2 rings (SSSR count). The van der Waals surface area contributed by atoms with Crippen molar-refractivity contribution in [3.8, 4) is 11.5 Å². The van der Waals surface area contributed by atoms with Gasteiger partial charge in [0.2, 0.25) is 0 Å². The Labute approximate surface area is 121 Å². The summed E-state index contributed by atoms with van der Waals surface area (Å²) in [6.45, 7) is 4.23. The Morgan fingerprint density at radius 1 is 1.16 bits per heavy atom. The minimum absolute atomic E-state index is 0.292. The van der Waals surface area contributed by atoms with Crippen molar-refractivity contribution in [2.24, 2.45) is 0 Å². The summed E-state index contributed by atoms with van der Waals surface area (Å²) < 4.78 is 19.6. The van der Waals surface area contributed by atoms with Crippen LogP contribution in [0.25, 0.3) is 0 Å². The van der Waals surface area contributed by atoms with E-state index < -0.39 is 0 Å². The number of halogens is 2. The summed E-state index contributed by atoms with van der Waals surface area (Å²) in [6, 6.07) is 12.7. The van der Waals surface area contributed by atoms with Crippen LogP contribution in [0, 0.1) is 5.82 Å². The molecule has 0 fully saturated rings. The first-order chi connectivity index (χ1) is 9.11. The van der Waals surface area contributed by atoms with E-state index in [-0.39, 0.29) is 5.82 Å². The predicted molar refractivity (Wildman–Crippen MR) is 79.6 cm³/mol. The molecule has 0 radical (unpaired) electrons. The number of ether oxygens (including phenoxy) is 1. The number of alkyl halides is 1. The third-order valence-electron chi connectivity index (χ3n) is 2.94. The maximum absolute atomic E-state index is 13.8. The van der Waals surface area contributed by atoms with E-state index in [0.29, 0.717) is 22.7 Å². The number of rotatable bonds is 4. The van der Waals surface area contributed by atoms with E-state index >= 15 is 0 Å². The second-order valence-corrected chi connectivity index (χ2v) is 5.25. The maximum Gasteiger partial charge on any atom is 0.167 e. The Bertz CT molecular complexity index is 566. The standard InChI is InChI=1S/C16H16BrFO/c1-11(2)12-5-3-7-14(9-12)19-16-13(10-17)6-4-8-15(16)18/h3-9,11H,10H2,1-2H3. The molecule has 0 aliphatic rings. The van der Waals surface area contributed by atoms with Crippen LogP contribution in [0.15, 0.2) is 42.5 Å². The van der Waals surface area contributed by atoms with Crippen LogP contribution in [0.5, 0.6) is 11.5 Å². The lowest BCUT2D eigenvalue weighted by atomic mass is 10.0. The molecule has 0 spiro atoms. The van der Waals surface area contributed by atoms with Gasteiger partial charge in [0.15, 0.2) is 11.6 Å². The molecule has 0 saturated heterocycles. The minimum Gasteiger partial charge on any atom is -0.454 e. The molecule has 0 unspecified atom stereocenters. The van der Waals surface area contributed by atoms with E-state index in [9.17, 15) is 4.39 Å². The normalized spacial score (nSPS) is 10.8. The molecule has 0 aliphatic carbocycles. The lowest BCUT2D eigenvalue weighted by Crippen LogP contribution is -1.94. The van der Waals surface area contributed by atoms with Crippen molar-refractivity contribution in [3.63, 3.8) is 0 Å². The van der Waals surface area contributed by atoms with Gasteiger partial charge >= 0.3 is 0 Å². The van der Waals surface area contributed by atoms with Gasteiger partial charge in [-0.25, -0.2) is 4.39 Å². The van der Waals surface area contributed by atoms with Crippen LogP contribution in [-0.4, -0.2) is 0 Å². The summed E-state index contributed by atoms with van der Waals surface area (Å²) in [5, 5.41) is 0.559. The number of hydrogen-bond acceptors (Lipinski definition) is 1. The Balaban J connectivity index is 2.33. The predicted octanol–water partition coefficient (Wildman–Crippen LogP) is 5.64. The molecule has 2 aromatic rings. The van der Waals surface area contributed by atoms with E-state index in [1.807, 2.05) is 30.3 Å². The molecule has 1 nitrogen and oxygen atoms in total. The van der Waals surface area contributed by atoms with E-state index in [1.54, 1.807) is 6.07 Å². The summed E-state index contributed by atoms with van der Waals surface area (Å²) >= 11 is 3.35. The number of para-hydroxylation sites is 1. The van der Waals surface area contributed by atoms with E-state index in [0.717, 1.165) is 5.56 Å². The van der Waals surface area contributed by atoms with Gasteiger partial charge in [0.05, 0.1) is 0 Å². The third kappa shape index (κ3) is 3.35. The Morgan fingerprint density at radius 2 is 1.89 bits per heavy atom. The summed E-state index contributed by atoms with van der Waals surface area (Å²) in [7, 11) is 0. The van der Waals surface area contributed by atoms with Gasteiger partial charge < -0.3 is 4.74 Å². The van der Waals surface area contributed by atoms with Crippen LogP contribution in [0.2, 0.25) is 0 Å². The Kier molecular flexibility index (Phi) is 4.59. The molecule has 100 valence electrons. The lowest BCUT2D eigenvalue weighted by molar-refractivity contribution is 0.437. The van der Waals surface area contributed by atoms with Crippen LogP contribution in [0.1, 0.15) is 30.9 Å². The average Bonchev–Trinajstić information content (AvgIpc) is 2.41. The SMILES string of the molecule is CC(C)c1cccc(Oc2c(F)cccc2CBr)c1. The van der Waals surface area contributed by atoms with Gasteiger partial charge in [-0.2, -0.15) is 0 Å². The fourth-order valence-corrected chi connectivity index (χ4v) is 2.27. The number of benzene rings is 2. The maximum atomic E-state index is 13.8. The molecular formula is C16H16BrFO. The number of hydrogen-bond donors (Lipinski definition) is 0. The zero-order valence-corrected chi connectivity index (χ0v) is 12.6. The van der Waals surface area contributed by atoms with Gasteiger partial charge in [0.1, 0.15) is 5.75 Å². The summed E-state index contributed by atoms with van der Waals surface area (Å²) in [6.07, 6.45) is 0. The van der Waals surface area contributed by atoms with Gasteiger partial charge in [0, 0.05) is 10.9 Å². The van der Waals surface area contributed by atoms with Crippen molar-refractivity contribution in [1.82, 2.24) is 0 Å². The van der Waals surface area contributed by atoms with Gasteiger partial charge in [-0.05, 0) is 29.7 Å². The fourth-order valence-electron chi connectivity index (χ4n) is 1.83. The van der Waals surface area contributed by atoms with Crippen molar-refractivity contribution in [2.75, 3.05) is 0 Å². The zero-order valence-electron chi connectivity index (χ0n) is 11.0. The smallest absolute Gasteiger partial charge is 0.167 e. The first kappa shape index (κ1) is 14.1. The largest absolute Gasteiger partial charge is 0.454 e. The van der Waals surface area contributed by atoms with Crippen LogP contribution >= 0.6 is 15.9 Å². The zero-order chi connectivity index (χ0) is 13.8. The molecule has 0 amide bonds. The highest BCUT2D eigenvalue weighted by Crippen LogP contribution is 2.31. The van der Waals surface area contributed by atoms with Gasteiger partial charge in [-0.1, -0.05) is 54.0 Å². The van der Waals surface area contributed by atoms with E-state index in [2.05, 4.69) is 29.8 Å². The summed E-state index contributed by atoms with van der Waals surface area (Å²) in [4.78, 5) is 0. The minimum atomic E-state index is -0.341. The molecule has 0 heterocycles. The molecule has 0 atom stereocenters. The fraction of sp³-hybridized carbons (Fsp3) is 0.250. The first-order valence-corrected chi connectivity index (χ1v) is 7.35. The Hall–Kier alpha value is -1.35. The quantitative estimate of drug-likeness (QED) is 0.662. The van der Waals surface area contributed by atoms with Crippen molar-refractivity contribution in [1.29, 1.82) is 0 Å². The van der Waals surface area contributed by atoms with Crippen molar-refractivity contribution < 1.29 is 9.13 Å². The van der Waals surface area contributed by atoms with Crippen molar-refractivity contribution in [3.05, 3.63) is 59.4 Å². The van der Waals surface area contributed by atoms with E-state index in [4.69, 9.17) is 4.74 Å². The average molecular weight is 323 g/mol. The summed E-state index contributed by atoms with van der Waals surface area (Å²) in [5.74, 6) is 1.03.